The second-order valence-electron chi connectivity index (χ2n) is 9.99. The maximum Gasteiger partial charge on any atom is 0.425 e. The Morgan fingerprint density at radius 3 is 2.43 bits per heavy atom. The van der Waals surface area contributed by atoms with Gasteiger partial charge in [-0.05, 0) is 44.7 Å². The van der Waals surface area contributed by atoms with E-state index >= 15 is 0 Å². The van der Waals surface area contributed by atoms with Crippen LogP contribution in [-0.4, -0.2) is 61.2 Å². The maximum atomic E-state index is 13.5. The molecular weight excluding hydrogens is 539 g/mol. The molecule has 4 rings (SSSR count). The van der Waals surface area contributed by atoms with Crippen molar-refractivity contribution in [3.05, 3.63) is 23.2 Å². The van der Waals surface area contributed by atoms with Gasteiger partial charge < -0.3 is 19.7 Å². The molecule has 1 aromatic carbocycles. The number of halogens is 4. The number of rotatable bonds is 7. The molecular formula is C23H25ClF3N3O6S. The number of alkyl halides is 3. The second-order valence-corrected chi connectivity index (χ2v) is 12.6. The molecule has 1 N–H and O–H groups in total. The first-order valence-corrected chi connectivity index (χ1v) is 13.5. The number of carbonyl (C=O) groups is 2. The first kappa shape index (κ1) is 27.3. The van der Waals surface area contributed by atoms with Crippen LogP contribution in [0.5, 0.6) is 5.75 Å². The molecule has 0 unspecified atom stereocenters. The standard InChI is InChI=1S/C23H25ClF3N3O6S/c1-13(23(25,26)27)35-14-3-4-17(16(24)9-14)37(33,34)15-10-18(30(11-15)19(31)21(2)5-6-21)36-20(32)29-22(12-28)7-8-22/h3-4,9,13,15,18H,5-8,10-11H2,1-2H3,(H,29,32)/t13-,15+,18+/m0/s1. The van der Waals surface area contributed by atoms with Crippen LogP contribution in [0.2, 0.25) is 5.02 Å². The van der Waals surface area contributed by atoms with Crippen molar-refractivity contribution in [2.75, 3.05) is 6.54 Å². The smallest absolute Gasteiger partial charge is 0.425 e. The van der Waals surface area contributed by atoms with Gasteiger partial charge in [-0.2, -0.15) is 18.4 Å². The Morgan fingerprint density at radius 1 is 1.27 bits per heavy atom. The lowest BCUT2D eigenvalue weighted by Crippen LogP contribution is -2.45. The third kappa shape index (κ3) is 5.60. The van der Waals surface area contributed by atoms with E-state index in [1.54, 1.807) is 6.92 Å². The van der Waals surface area contributed by atoms with Crippen LogP contribution in [0.15, 0.2) is 23.1 Å². The van der Waals surface area contributed by atoms with Gasteiger partial charge in [0.2, 0.25) is 5.91 Å². The van der Waals surface area contributed by atoms with Gasteiger partial charge in [0.1, 0.15) is 11.3 Å². The Kier molecular flexibility index (Phi) is 6.82. The van der Waals surface area contributed by atoms with E-state index in [-0.39, 0.29) is 34.5 Å². The number of sulfone groups is 1. The quantitative estimate of drug-likeness (QED) is 0.532. The summed E-state index contributed by atoms with van der Waals surface area (Å²) in [6.07, 6.45) is -6.97. The Morgan fingerprint density at radius 2 is 1.92 bits per heavy atom. The Labute approximate surface area is 216 Å². The molecule has 1 heterocycles. The highest BCUT2D eigenvalue weighted by Crippen LogP contribution is 2.48. The Balaban J connectivity index is 1.54. The molecule has 2 aliphatic carbocycles. The first-order valence-electron chi connectivity index (χ1n) is 11.6. The van der Waals surface area contributed by atoms with Crippen LogP contribution in [0.3, 0.4) is 0 Å². The number of hydrogen-bond acceptors (Lipinski definition) is 7. The predicted molar refractivity (Wildman–Crippen MR) is 123 cm³/mol. The molecule has 0 aromatic heterocycles. The number of amides is 2. The van der Waals surface area contributed by atoms with E-state index in [0.29, 0.717) is 25.7 Å². The van der Waals surface area contributed by atoms with Gasteiger partial charge in [-0.15, -0.1) is 0 Å². The minimum absolute atomic E-state index is 0.239. The molecule has 3 fully saturated rings. The fourth-order valence-corrected chi connectivity index (χ4v) is 6.25. The summed E-state index contributed by atoms with van der Waals surface area (Å²) in [5.74, 6) is -0.608. The van der Waals surface area contributed by atoms with Crippen molar-refractivity contribution in [1.29, 1.82) is 5.26 Å². The molecule has 37 heavy (non-hydrogen) atoms. The van der Waals surface area contributed by atoms with Gasteiger partial charge in [0.15, 0.2) is 22.2 Å². The summed E-state index contributed by atoms with van der Waals surface area (Å²) in [5, 5.41) is 10.1. The minimum atomic E-state index is -4.62. The number of ether oxygens (including phenoxy) is 2. The Bertz CT molecular complexity index is 1260. The van der Waals surface area contributed by atoms with E-state index in [4.69, 9.17) is 21.1 Å². The van der Waals surface area contributed by atoms with Crippen molar-refractivity contribution in [1.82, 2.24) is 10.2 Å². The number of benzene rings is 1. The highest BCUT2D eigenvalue weighted by molar-refractivity contribution is 7.92. The molecule has 202 valence electrons. The summed E-state index contributed by atoms with van der Waals surface area (Å²) >= 11 is 6.14. The van der Waals surface area contributed by atoms with Crippen molar-refractivity contribution in [3.8, 4) is 11.8 Å². The van der Waals surface area contributed by atoms with Crippen LogP contribution in [0, 0.1) is 16.7 Å². The number of nitrogens with one attached hydrogen (secondary N) is 1. The average Bonchev–Trinajstić information content (AvgIpc) is 3.70. The van der Waals surface area contributed by atoms with Gasteiger partial charge >= 0.3 is 12.3 Å². The third-order valence-electron chi connectivity index (χ3n) is 6.96. The summed E-state index contributed by atoms with van der Waals surface area (Å²) in [4.78, 5) is 26.4. The molecule has 14 heteroatoms. The van der Waals surface area contributed by atoms with Gasteiger partial charge in [0.05, 0.1) is 21.2 Å². The van der Waals surface area contributed by atoms with E-state index in [9.17, 15) is 36.4 Å². The molecule has 1 aromatic rings. The summed E-state index contributed by atoms with van der Waals surface area (Å²) in [7, 11) is -4.20. The number of hydrogen-bond donors (Lipinski definition) is 1. The van der Waals surface area contributed by atoms with Gasteiger partial charge in [0.25, 0.3) is 0 Å². The number of nitriles is 1. The molecule has 0 radical (unpaired) electrons. The average molecular weight is 564 g/mol. The summed E-state index contributed by atoms with van der Waals surface area (Å²) < 4.78 is 75.5. The van der Waals surface area contributed by atoms with E-state index in [1.165, 1.54) is 4.90 Å². The van der Waals surface area contributed by atoms with Crippen molar-refractivity contribution >= 4 is 33.4 Å². The zero-order valence-corrected chi connectivity index (χ0v) is 21.5. The van der Waals surface area contributed by atoms with Crippen LogP contribution in [0.25, 0.3) is 0 Å². The van der Waals surface area contributed by atoms with Crippen molar-refractivity contribution in [3.63, 3.8) is 0 Å². The summed E-state index contributed by atoms with van der Waals surface area (Å²) in [5.41, 5.74) is -1.69. The number of carbonyl (C=O) groups excluding carboxylic acids is 2. The first-order chi connectivity index (χ1) is 17.1. The predicted octanol–water partition coefficient (Wildman–Crippen LogP) is 3.95. The monoisotopic (exact) mass is 563 g/mol. The van der Waals surface area contributed by atoms with Crippen molar-refractivity contribution in [2.45, 2.75) is 80.1 Å². The van der Waals surface area contributed by atoms with Crippen LogP contribution >= 0.6 is 11.6 Å². The molecule has 2 amide bonds. The summed E-state index contributed by atoms with van der Waals surface area (Å²) in [6, 6.07) is 5.09. The van der Waals surface area contributed by atoms with Crippen LogP contribution in [0.1, 0.15) is 46.0 Å². The molecule has 1 saturated heterocycles. The molecule has 0 spiro atoms. The lowest BCUT2D eigenvalue weighted by Gasteiger charge is -2.27. The topological polar surface area (TPSA) is 126 Å². The Hall–Kier alpha value is -2.72. The van der Waals surface area contributed by atoms with Gasteiger partial charge in [0, 0.05) is 24.4 Å². The molecule has 3 atom stereocenters. The number of alkyl carbamates (subject to hydrolysis) is 1. The largest absolute Gasteiger partial charge is 0.481 e. The molecule has 2 saturated carbocycles. The van der Waals surface area contributed by atoms with Crippen molar-refractivity contribution < 1.29 is 40.7 Å². The van der Waals surface area contributed by atoms with Gasteiger partial charge in [-0.25, -0.2) is 13.2 Å². The van der Waals surface area contributed by atoms with Crippen LogP contribution in [-0.2, 0) is 19.4 Å². The SMILES string of the molecule is C[C@H](Oc1ccc(S(=O)(=O)[C@@H]2C[C@@H](OC(=O)NC3(C#N)CC3)N(C(=O)C3(C)CC3)C2)c(Cl)c1)C(F)(F)F. The van der Waals surface area contributed by atoms with Gasteiger partial charge in [-0.1, -0.05) is 18.5 Å². The highest BCUT2D eigenvalue weighted by atomic mass is 35.5. The van der Waals surface area contributed by atoms with E-state index in [1.807, 2.05) is 6.07 Å². The number of likely N-dealkylation sites (tertiary alicyclic amines) is 1. The molecule has 1 aliphatic heterocycles. The van der Waals surface area contributed by atoms with Crippen LogP contribution < -0.4 is 10.1 Å². The zero-order valence-electron chi connectivity index (χ0n) is 20.0. The number of nitrogens with zero attached hydrogens (tertiary/aromatic N) is 2. The third-order valence-corrected chi connectivity index (χ3v) is 9.57. The second kappa shape index (κ2) is 9.23. The lowest BCUT2D eigenvalue weighted by atomic mass is 10.1. The zero-order chi connectivity index (χ0) is 27.4. The molecule has 3 aliphatic rings. The van der Waals surface area contributed by atoms with E-state index in [2.05, 4.69) is 5.32 Å². The lowest BCUT2D eigenvalue weighted by molar-refractivity contribution is -0.189. The minimum Gasteiger partial charge on any atom is -0.481 e. The van der Waals surface area contributed by atoms with Crippen molar-refractivity contribution in [2.24, 2.45) is 5.41 Å². The summed E-state index contributed by atoms with van der Waals surface area (Å²) in [6.45, 7) is 2.28. The molecule has 0 bridgehead atoms. The van der Waals surface area contributed by atoms with E-state index < -0.39 is 50.6 Å². The highest BCUT2D eigenvalue weighted by Gasteiger charge is 2.54. The fourth-order valence-electron chi connectivity index (χ4n) is 4.04. The van der Waals surface area contributed by atoms with Gasteiger partial charge in [-0.3, -0.25) is 4.79 Å². The van der Waals surface area contributed by atoms with E-state index in [0.717, 1.165) is 25.1 Å². The fraction of sp³-hybridized carbons (Fsp3) is 0.609. The van der Waals surface area contributed by atoms with Crippen LogP contribution in [0.4, 0.5) is 18.0 Å². The maximum absolute atomic E-state index is 13.5. The molecule has 9 nitrogen and oxygen atoms in total. The normalized spacial score (nSPS) is 24.5.